The van der Waals surface area contributed by atoms with Crippen LogP contribution in [0.25, 0.3) is 0 Å². The summed E-state index contributed by atoms with van der Waals surface area (Å²) in [6, 6.07) is 1.10. The summed E-state index contributed by atoms with van der Waals surface area (Å²) in [5.41, 5.74) is -0.746. The first-order chi connectivity index (χ1) is 9.40. The Bertz CT molecular complexity index is 543. The zero-order chi connectivity index (χ0) is 14.9. The van der Waals surface area contributed by atoms with Crippen LogP contribution in [0, 0.1) is 17.6 Å². The summed E-state index contributed by atoms with van der Waals surface area (Å²) in [6.45, 7) is -0.0615. The molecule has 1 fully saturated rings. The molecule has 8 heteroatoms. The smallest absolute Gasteiger partial charge is 0.311 e. The van der Waals surface area contributed by atoms with Crippen molar-refractivity contribution in [2.75, 3.05) is 13.2 Å². The normalized spacial score (nSPS) is 21.8. The van der Waals surface area contributed by atoms with Gasteiger partial charge in [-0.3, -0.25) is 9.59 Å². The Balaban J connectivity index is 2.19. The number of aliphatic carboxylic acids is 1. The molecule has 1 heterocycles. The molecule has 1 aliphatic heterocycles. The number of amides is 1. The van der Waals surface area contributed by atoms with E-state index in [0.717, 1.165) is 12.1 Å². The second kappa shape index (κ2) is 5.84. The monoisotopic (exact) mass is 349 g/mol. The van der Waals surface area contributed by atoms with Crippen molar-refractivity contribution >= 4 is 27.8 Å². The third-order valence-corrected chi connectivity index (χ3v) is 3.41. The summed E-state index contributed by atoms with van der Waals surface area (Å²) in [4.78, 5) is 22.8. The van der Waals surface area contributed by atoms with E-state index in [9.17, 15) is 18.4 Å². The van der Waals surface area contributed by atoms with Crippen molar-refractivity contribution in [3.8, 4) is 0 Å². The van der Waals surface area contributed by atoms with Crippen molar-refractivity contribution in [1.82, 2.24) is 5.32 Å². The molecule has 5 nitrogen and oxygen atoms in total. The van der Waals surface area contributed by atoms with Crippen LogP contribution in [0.4, 0.5) is 8.78 Å². The summed E-state index contributed by atoms with van der Waals surface area (Å²) in [6.07, 6.45) is 0. The molecule has 2 atom stereocenters. The van der Waals surface area contributed by atoms with Gasteiger partial charge in [-0.15, -0.1) is 0 Å². The number of carbonyl (C=O) groups is 2. The number of carboxylic acids is 1. The van der Waals surface area contributed by atoms with E-state index < -0.39 is 41.0 Å². The molecule has 1 aromatic rings. The molecule has 2 unspecified atom stereocenters. The first-order valence-electron chi connectivity index (χ1n) is 5.66. The fraction of sp³-hybridized carbons (Fsp3) is 0.333. The van der Waals surface area contributed by atoms with E-state index in [1.165, 1.54) is 0 Å². The Morgan fingerprint density at radius 3 is 2.45 bits per heavy atom. The molecule has 1 aromatic carbocycles. The number of ether oxygens (including phenoxy) is 1. The van der Waals surface area contributed by atoms with Crippen molar-refractivity contribution in [2.45, 2.75) is 6.04 Å². The van der Waals surface area contributed by atoms with E-state index in [1.807, 2.05) is 0 Å². The molecule has 108 valence electrons. The second-order valence-electron chi connectivity index (χ2n) is 4.31. The van der Waals surface area contributed by atoms with E-state index in [4.69, 9.17) is 9.84 Å². The van der Waals surface area contributed by atoms with Crippen molar-refractivity contribution in [1.29, 1.82) is 0 Å². The van der Waals surface area contributed by atoms with Gasteiger partial charge in [-0.1, -0.05) is 15.9 Å². The Labute approximate surface area is 121 Å². The van der Waals surface area contributed by atoms with Gasteiger partial charge in [0.2, 0.25) is 0 Å². The average molecular weight is 350 g/mol. The highest BCUT2D eigenvalue weighted by molar-refractivity contribution is 9.10. The quantitative estimate of drug-likeness (QED) is 0.868. The van der Waals surface area contributed by atoms with Gasteiger partial charge in [-0.25, -0.2) is 8.78 Å². The molecule has 0 saturated carbocycles. The van der Waals surface area contributed by atoms with Crippen LogP contribution in [-0.2, 0) is 9.53 Å². The lowest BCUT2D eigenvalue weighted by atomic mass is 10.0. The maximum absolute atomic E-state index is 13.6. The van der Waals surface area contributed by atoms with Gasteiger partial charge in [0.25, 0.3) is 5.91 Å². The molecular formula is C12H10BrF2NO4. The van der Waals surface area contributed by atoms with Crippen molar-refractivity contribution in [3.05, 3.63) is 33.8 Å². The van der Waals surface area contributed by atoms with Gasteiger partial charge >= 0.3 is 5.97 Å². The summed E-state index contributed by atoms with van der Waals surface area (Å²) >= 11 is 2.90. The maximum atomic E-state index is 13.6. The van der Waals surface area contributed by atoms with E-state index >= 15 is 0 Å². The molecular weight excluding hydrogens is 340 g/mol. The number of rotatable bonds is 3. The average Bonchev–Trinajstić information content (AvgIpc) is 2.75. The minimum atomic E-state index is -1.13. The van der Waals surface area contributed by atoms with Crippen molar-refractivity contribution in [3.63, 3.8) is 0 Å². The Morgan fingerprint density at radius 1 is 1.30 bits per heavy atom. The van der Waals surface area contributed by atoms with Gasteiger partial charge in [-0.05, 0) is 12.1 Å². The highest BCUT2D eigenvalue weighted by Crippen LogP contribution is 2.21. The number of hydrogen-bond acceptors (Lipinski definition) is 3. The molecule has 1 saturated heterocycles. The fourth-order valence-electron chi connectivity index (χ4n) is 1.94. The Hall–Kier alpha value is -1.54. The van der Waals surface area contributed by atoms with E-state index in [2.05, 4.69) is 21.2 Å². The molecule has 0 spiro atoms. The molecule has 2 rings (SSSR count). The largest absolute Gasteiger partial charge is 0.481 e. The number of benzene rings is 1. The first kappa shape index (κ1) is 14.9. The number of hydrogen-bond donors (Lipinski definition) is 2. The molecule has 0 bridgehead atoms. The van der Waals surface area contributed by atoms with Gasteiger partial charge in [0.15, 0.2) is 0 Å². The molecule has 0 radical (unpaired) electrons. The zero-order valence-electron chi connectivity index (χ0n) is 10.0. The fourth-order valence-corrected chi connectivity index (χ4v) is 2.34. The van der Waals surface area contributed by atoms with Crippen LogP contribution >= 0.6 is 15.9 Å². The number of carboxylic acid groups (broad SMARTS) is 1. The van der Waals surface area contributed by atoms with E-state index in [1.54, 1.807) is 0 Å². The van der Waals surface area contributed by atoms with Gasteiger partial charge in [0.1, 0.15) is 23.1 Å². The minimum absolute atomic E-state index is 0.0114. The molecule has 2 N–H and O–H groups in total. The minimum Gasteiger partial charge on any atom is -0.481 e. The lowest BCUT2D eigenvalue weighted by Gasteiger charge is -2.16. The highest BCUT2D eigenvalue weighted by atomic mass is 79.9. The molecule has 0 aliphatic carbocycles. The molecule has 1 aliphatic rings. The van der Waals surface area contributed by atoms with Crippen LogP contribution in [0.2, 0.25) is 0 Å². The SMILES string of the molecule is O=C(NC1COCC1C(=O)O)c1c(F)cc(Br)cc1F. The van der Waals surface area contributed by atoms with Gasteiger partial charge in [-0.2, -0.15) is 0 Å². The van der Waals surface area contributed by atoms with Crippen molar-refractivity contribution < 1.29 is 28.2 Å². The molecule has 0 aromatic heterocycles. The first-order valence-corrected chi connectivity index (χ1v) is 6.45. The standard InChI is InChI=1S/C12H10BrF2NO4/c13-5-1-7(14)10(8(15)2-5)11(17)16-9-4-20-3-6(9)12(18)19/h1-2,6,9H,3-4H2,(H,16,17)(H,18,19). The topological polar surface area (TPSA) is 75.6 Å². The van der Waals surface area contributed by atoms with Crippen LogP contribution in [-0.4, -0.2) is 36.2 Å². The third-order valence-electron chi connectivity index (χ3n) is 2.95. The lowest BCUT2D eigenvalue weighted by molar-refractivity contribution is -0.142. The predicted molar refractivity (Wildman–Crippen MR) is 67.3 cm³/mol. The molecule has 20 heavy (non-hydrogen) atoms. The second-order valence-corrected chi connectivity index (χ2v) is 5.22. The maximum Gasteiger partial charge on any atom is 0.311 e. The highest BCUT2D eigenvalue weighted by Gasteiger charge is 2.36. The summed E-state index contributed by atoms with van der Waals surface area (Å²) < 4.78 is 32.3. The Kier molecular flexibility index (Phi) is 4.34. The zero-order valence-corrected chi connectivity index (χ0v) is 11.6. The lowest BCUT2D eigenvalue weighted by Crippen LogP contribution is -2.43. The summed E-state index contributed by atoms with van der Waals surface area (Å²) in [7, 11) is 0. The summed E-state index contributed by atoms with van der Waals surface area (Å²) in [5, 5.41) is 11.2. The van der Waals surface area contributed by atoms with Gasteiger partial charge in [0.05, 0.1) is 19.3 Å². The number of nitrogens with one attached hydrogen (secondary N) is 1. The summed E-state index contributed by atoms with van der Waals surface area (Å²) in [5.74, 6) is -5.13. The predicted octanol–water partition coefficient (Wildman–Crippen LogP) is 1.56. The van der Waals surface area contributed by atoms with Crippen molar-refractivity contribution in [2.24, 2.45) is 5.92 Å². The van der Waals surface area contributed by atoms with Crippen LogP contribution < -0.4 is 5.32 Å². The number of halogens is 3. The molecule has 1 amide bonds. The third kappa shape index (κ3) is 2.96. The van der Waals surface area contributed by atoms with Gasteiger partial charge < -0.3 is 15.2 Å². The van der Waals surface area contributed by atoms with E-state index in [-0.39, 0.29) is 17.7 Å². The Morgan fingerprint density at radius 2 is 1.90 bits per heavy atom. The van der Waals surface area contributed by atoms with Crippen LogP contribution in [0.3, 0.4) is 0 Å². The van der Waals surface area contributed by atoms with Crippen LogP contribution in [0.15, 0.2) is 16.6 Å². The van der Waals surface area contributed by atoms with Crippen LogP contribution in [0.5, 0.6) is 0 Å². The van der Waals surface area contributed by atoms with Crippen LogP contribution in [0.1, 0.15) is 10.4 Å². The van der Waals surface area contributed by atoms with E-state index in [0.29, 0.717) is 0 Å². The van der Waals surface area contributed by atoms with Gasteiger partial charge in [0, 0.05) is 4.47 Å². The number of carbonyl (C=O) groups excluding carboxylic acids is 1.